The molecule has 1 saturated heterocycles. The Morgan fingerprint density at radius 1 is 1.29 bits per heavy atom. The maximum Gasteiger partial charge on any atom is 0.198 e. The van der Waals surface area contributed by atoms with Gasteiger partial charge in [0.05, 0.1) is 0 Å². The molecule has 2 N–H and O–H groups in total. The molecule has 3 rings (SSSR count). The summed E-state index contributed by atoms with van der Waals surface area (Å²) in [4.78, 5) is 6.94. The first-order valence-corrected chi connectivity index (χ1v) is 7.74. The lowest BCUT2D eigenvalue weighted by Crippen LogP contribution is -2.33. The van der Waals surface area contributed by atoms with Crippen LogP contribution in [0.25, 0.3) is 11.1 Å². The van der Waals surface area contributed by atoms with Gasteiger partial charge in [-0.3, -0.25) is 0 Å². The van der Waals surface area contributed by atoms with E-state index in [9.17, 15) is 4.39 Å². The number of hydrogen-bond acceptors (Lipinski definition) is 4. The number of nitrogens with two attached hydrogens (primary N) is 1. The maximum atomic E-state index is 13.2. The van der Waals surface area contributed by atoms with E-state index in [2.05, 4.69) is 9.88 Å². The first-order valence-electron chi connectivity index (χ1n) is 7.74. The molecule has 0 bridgehead atoms. The molecule has 2 heterocycles. The number of piperidine rings is 1. The maximum absolute atomic E-state index is 13.2. The van der Waals surface area contributed by atoms with Gasteiger partial charge in [0.15, 0.2) is 11.5 Å². The van der Waals surface area contributed by atoms with Gasteiger partial charge in [0.1, 0.15) is 11.3 Å². The quantitative estimate of drug-likeness (QED) is 0.861. The number of benzene rings is 1. The molecule has 1 aliphatic rings. The van der Waals surface area contributed by atoms with Gasteiger partial charge < -0.3 is 15.1 Å². The van der Waals surface area contributed by atoms with E-state index in [-0.39, 0.29) is 5.82 Å². The molecule has 0 aliphatic carbocycles. The zero-order valence-electron chi connectivity index (χ0n) is 12.2. The van der Waals surface area contributed by atoms with Crippen LogP contribution in [0.4, 0.5) is 4.39 Å². The van der Waals surface area contributed by atoms with Gasteiger partial charge >= 0.3 is 0 Å². The van der Waals surface area contributed by atoms with Gasteiger partial charge in [-0.05, 0) is 64.0 Å². The van der Waals surface area contributed by atoms with Crippen LogP contribution >= 0.6 is 0 Å². The fourth-order valence-corrected chi connectivity index (χ4v) is 2.98. The molecule has 0 saturated carbocycles. The van der Waals surface area contributed by atoms with Gasteiger partial charge in [0.2, 0.25) is 0 Å². The van der Waals surface area contributed by atoms with Gasteiger partial charge in [-0.2, -0.15) is 0 Å². The number of fused-ring (bicyclic) bond motifs is 1. The highest BCUT2D eigenvalue weighted by Crippen LogP contribution is 2.30. The average Bonchev–Trinajstić information content (AvgIpc) is 2.91. The Morgan fingerprint density at radius 2 is 2.10 bits per heavy atom. The molecule has 0 unspecified atom stereocenters. The third-order valence-corrected chi connectivity index (χ3v) is 4.23. The SMILES string of the molecule is NCCCCN1CCC(c2nc3cc(F)ccc3o2)CC1. The van der Waals surface area contributed by atoms with Crippen molar-refractivity contribution in [3.63, 3.8) is 0 Å². The Bertz CT molecular complexity index is 590. The van der Waals surface area contributed by atoms with E-state index in [4.69, 9.17) is 10.2 Å². The van der Waals surface area contributed by atoms with Crippen molar-refractivity contribution in [2.45, 2.75) is 31.6 Å². The van der Waals surface area contributed by atoms with Crippen LogP contribution in [-0.4, -0.2) is 36.1 Å². The highest BCUT2D eigenvalue weighted by Gasteiger charge is 2.24. The van der Waals surface area contributed by atoms with E-state index in [0.717, 1.165) is 51.3 Å². The minimum absolute atomic E-state index is 0.267. The summed E-state index contributed by atoms with van der Waals surface area (Å²) in [7, 11) is 0. The first-order chi connectivity index (χ1) is 10.3. The summed E-state index contributed by atoms with van der Waals surface area (Å²) in [6, 6.07) is 4.50. The van der Waals surface area contributed by atoms with Crippen LogP contribution in [0.2, 0.25) is 0 Å². The van der Waals surface area contributed by atoms with Gasteiger partial charge in [0.25, 0.3) is 0 Å². The predicted octanol–water partition coefficient (Wildman–Crippen LogP) is 2.89. The van der Waals surface area contributed by atoms with Gasteiger partial charge in [-0.15, -0.1) is 0 Å². The number of hydrogen-bond donors (Lipinski definition) is 1. The smallest absolute Gasteiger partial charge is 0.198 e. The number of oxazole rings is 1. The monoisotopic (exact) mass is 291 g/mol. The van der Waals surface area contributed by atoms with E-state index < -0.39 is 0 Å². The Morgan fingerprint density at radius 3 is 2.86 bits per heavy atom. The molecule has 1 aliphatic heterocycles. The van der Waals surface area contributed by atoms with E-state index >= 15 is 0 Å². The summed E-state index contributed by atoms with van der Waals surface area (Å²) < 4.78 is 19.0. The van der Waals surface area contributed by atoms with Crippen LogP contribution in [0.5, 0.6) is 0 Å². The lowest BCUT2D eigenvalue weighted by Gasteiger charge is -2.30. The summed E-state index contributed by atoms with van der Waals surface area (Å²) in [6.45, 7) is 4.04. The predicted molar refractivity (Wildman–Crippen MR) is 80.7 cm³/mol. The van der Waals surface area contributed by atoms with Crippen molar-refractivity contribution in [3.05, 3.63) is 29.9 Å². The van der Waals surface area contributed by atoms with Crippen molar-refractivity contribution in [2.24, 2.45) is 5.73 Å². The van der Waals surface area contributed by atoms with Crippen LogP contribution in [0.1, 0.15) is 37.5 Å². The van der Waals surface area contributed by atoms with E-state index in [0.29, 0.717) is 17.0 Å². The molecule has 2 aromatic rings. The third kappa shape index (κ3) is 3.41. The molecule has 0 spiro atoms. The molecule has 114 valence electrons. The van der Waals surface area contributed by atoms with E-state index in [1.807, 2.05) is 0 Å². The van der Waals surface area contributed by atoms with Crippen LogP contribution < -0.4 is 5.73 Å². The van der Waals surface area contributed by atoms with Gasteiger partial charge in [-0.1, -0.05) is 0 Å². The highest BCUT2D eigenvalue weighted by molar-refractivity contribution is 5.72. The number of likely N-dealkylation sites (tertiary alicyclic amines) is 1. The third-order valence-electron chi connectivity index (χ3n) is 4.23. The Hall–Kier alpha value is -1.46. The van der Waals surface area contributed by atoms with E-state index in [1.165, 1.54) is 18.6 Å². The van der Waals surface area contributed by atoms with Crippen molar-refractivity contribution in [3.8, 4) is 0 Å². The second-order valence-corrected chi connectivity index (χ2v) is 5.78. The molecule has 1 fully saturated rings. The molecular formula is C16H22FN3O. The van der Waals surface area contributed by atoms with Gasteiger partial charge in [0, 0.05) is 12.0 Å². The summed E-state index contributed by atoms with van der Waals surface area (Å²) >= 11 is 0. The normalized spacial score (nSPS) is 17.6. The average molecular weight is 291 g/mol. The molecule has 0 atom stereocenters. The fourth-order valence-electron chi connectivity index (χ4n) is 2.98. The van der Waals surface area contributed by atoms with Crippen LogP contribution in [0, 0.1) is 5.82 Å². The zero-order valence-corrected chi connectivity index (χ0v) is 12.2. The number of unbranched alkanes of at least 4 members (excludes halogenated alkanes) is 1. The molecular weight excluding hydrogens is 269 g/mol. The minimum atomic E-state index is -0.267. The van der Waals surface area contributed by atoms with E-state index in [1.54, 1.807) is 6.07 Å². The topological polar surface area (TPSA) is 55.3 Å². The van der Waals surface area contributed by atoms with Crippen molar-refractivity contribution in [1.29, 1.82) is 0 Å². The highest BCUT2D eigenvalue weighted by atomic mass is 19.1. The number of halogens is 1. The molecule has 4 nitrogen and oxygen atoms in total. The lowest BCUT2D eigenvalue weighted by molar-refractivity contribution is 0.198. The van der Waals surface area contributed by atoms with Crippen molar-refractivity contribution in [2.75, 3.05) is 26.2 Å². The van der Waals surface area contributed by atoms with Crippen molar-refractivity contribution in [1.82, 2.24) is 9.88 Å². The molecule has 1 aromatic carbocycles. The Labute approximate surface area is 124 Å². The lowest BCUT2D eigenvalue weighted by atomic mass is 9.96. The van der Waals surface area contributed by atoms with Crippen molar-refractivity contribution < 1.29 is 8.81 Å². The molecule has 0 amide bonds. The Balaban J connectivity index is 1.60. The summed E-state index contributed by atoms with van der Waals surface area (Å²) in [6.07, 6.45) is 4.37. The fraction of sp³-hybridized carbons (Fsp3) is 0.562. The van der Waals surface area contributed by atoms with Crippen LogP contribution in [0.15, 0.2) is 22.6 Å². The number of nitrogens with zero attached hydrogens (tertiary/aromatic N) is 2. The molecule has 0 radical (unpaired) electrons. The number of aromatic nitrogens is 1. The van der Waals surface area contributed by atoms with Crippen LogP contribution in [0.3, 0.4) is 0 Å². The molecule has 1 aromatic heterocycles. The molecule has 21 heavy (non-hydrogen) atoms. The van der Waals surface area contributed by atoms with Crippen molar-refractivity contribution >= 4 is 11.1 Å². The first kappa shape index (κ1) is 14.5. The second kappa shape index (κ2) is 6.54. The van der Waals surface area contributed by atoms with Crippen LogP contribution in [-0.2, 0) is 0 Å². The largest absolute Gasteiger partial charge is 0.440 e. The van der Waals surface area contributed by atoms with Gasteiger partial charge in [-0.25, -0.2) is 9.37 Å². The summed E-state index contributed by atoms with van der Waals surface area (Å²) in [5.74, 6) is 0.848. The summed E-state index contributed by atoms with van der Waals surface area (Å²) in [5.41, 5.74) is 6.82. The standard InChI is InChI=1S/C16H22FN3O/c17-13-3-4-15-14(11-13)19-16(21-15)12-5-9-20(10-6-12)8-2-1-7-18/h3-4,11-12H,1-2,5-10,18H2. The Kier molecular flexibility index (Phi) is 4.51. The zero-order chi connectivity index (χ0) is 14.7. The molecule has 5 heteroatoms. The second-order valence-electron chi connectivity index (χ2n) is 5.78. The minimum Gasteiger partial charge on any atom is -0.440 e. The number of rotatable bonds is 5. The summed E-state index contributed by atoms with van der Waals surface area (Å²) in [5, 5.41) is 0.